The summed E-state index contributed by atoms with van der Waals surface area (Å²) in [5.74, 6) is -6.79. The first-order valence-corrected chi connectivity index (χ1v) is 13.0. The topological polar surface area (TPSA) is 198 Å². The van der Waals surface area contributed by atoms with Crippen molar-refractivity contribution in [1.82, 2.24) is 0 Å². The lowest BCUT2D eigenvalue weighted by Crippen LogP contribution is -2.08. The van der Waals surface area contributed by atoms with Crippen molar-refractivity contribution in [2.24, 2.45) is 0 Å². The van der Waals surface area contributed by atoms with Gasteiger partial charge in [0.2, 0.25) is 0 Å². The van der Waals surface area contributed by atoms with E-state index in [2.05, 4.69) is 0 Å². The number of carboxylic acid groups (broad SMARTS) is 4. The van der Waals surface area contributed by atoms with Crippen LogP contribution < -0.4 is 14.9 Å². The van der Waals surface area contributed by atoms with E-state index >= 15 is 0 Å². The third kappa shape index (κ3) is 6.73. The van der Waals surface area contributed by atoms with Gasteiger partial charge in [-0.2, -0.15) is 13.2 Å². The van der Waals surface area contributed by atoms with Crippen molar-refractivity contribution < 1.29 is 66.7 Å². The summed E-state index contributed by atoms with van der Waals surface area (Å²) in [5.41, 5.74) is -4.27. The lowest BCUT2D eigenvalue weighted by Gasteiger charge is -2.14. The molecule has 5 aromatic rings. The Morgan fingerprint density at radius 3 is 1.51 bits per heavy atom. The molecule has 12 nitrogen and oxygen atoms in total. The zero-order chi connectivity index (χ0) is 34.2. The van der Waals surface area contributed by atoms with E-state index in [-0.39, 0.29) is 45.3 Å². The van der Waals surface area contributed by atoms with E-state index in [9.17, 15) is 57.6 Å². The Hall–Kier alpha value is -6.64. The fourth-order valence-corrected chi connectivity index (χ4v) is 4.48. The number of benzene rings is 4. The molecular weight excluding hydrogens is 633 g/mol. The van der Waals surface area contributed by atoms with Crippen LogP contribution in [0.25, 0.3) is 22.3 Å². The Labute approximate surface area is 259 Å². The molecule has 0 fully saturated rings. The predicted molar refractivity (Wildman–Crippen MR) is 154 cm³/mol. The van der Waals surface area contributed by atoms with Crippen LogP contribution >= 0.6 is 0 Å². The van der Waals surface area contributed by atoms with Crippen LogP contribution in [0.2, 0.25) is 0 Å². The molecule has 0 aliphatic heterocycles. The summed E-state index contributed by atoms with van der Waals surface area (Å²) in [5, 5.41) is 37.2. The van der Waals surface area contributed by atoms with Crippen LogP contribution in [-0.2, 0) is 6.18 Å². The van der Waals surface area contributed by atoms with Gasteiger partial charge in [0.25, 0.3) is 0 Å². The van der Waals surface area contributed by atoms with Gasteiger partial charge in [-0.05, 0) is 66.7 Å². The first kappa shape index (κ1) is 31.8. The molecule has 0 atom stereocenters. The van der Waals surface area contributed by atoms with Crippen LogP contribution in [0.3, 0.4) is 0 Å². The van der Waals surface area contributed by atoms with Crippen molar-refractivity contribution in [3.8, 4) is 34.3 Å². The van der Waals surface area contributed by atoms with Crippen LogP contribution in [0.15, 0.2) is 88.1 Å². The molecule has 4 N–H and O–H groups in total. The molecule has 0 unspecified atom stereocenters. The minimum Gasteiger partial charge on any atom is -0.478 e. The van der Waals surface area contributed by atoms with Crippen molar-refractivity contribution in [3.05, 3.63) is 117 Å². The van der Waals surface area contributed by atoms with Gasteiger partial charge in [0.1, 0.15) is 34.3 Å². The highest BCUT2D eigenvalue weighted by Crippen LogP contribution is 2.37. The standard InChI is InChI=1S/C32H17F3O12/c33-32(34,35)15-1-6-26-24(9-15)25(36)13-27(47-26)14-7-18(45-16-2-4-20(28(37)38)22(11-16)30(41)42)10-19(8-14)46-17-3-5-21(29(39)40)23(12-17)31(43)44/h1-13H,(H,37,38)(H,39,40)(H,41,42)(H,43,44). The number of halogens is 3. The Bertz CT molecular complexity index is 2090. The molecule has 4 aromatic carbocycles. The molecule has 0 spiro atoms. The predicted octanol–water partition coefficient (Wildman–Crippen LogP) is 6.86. The van der Waals surface area contributed by atoms with Crippen molar-refractivity contribution in [2.45, 2.75) is 6.18 Å². The Kier molecular flexibility index (Phi) is 8.14. The molecule has 15 heteroatoms. The van der Waals surface area contributed by atoms with E-state index in [1.54, 1.807) is 0 Å². The third-order valence-corrected chi connectivity index (χ3v) is 6.59. The summed E-state index contributed by atoms with van der Waals surface area (Å²) in [4.78, 5) is 59.1. The van der Waals surface area contributed by atoms with Crippen LogP contribution in [0.1, 0.15) is 47.0 Å². The molecule has 0 bridgehead atoms. The highest BCUT2D eigenvalue weighted by Gasteiger charge is 2.31. The molecule has 1 heterocycles. The molecule has 0 saturated heterocycles. The lowest BCUT2D eigenvalue weighted by atomic mass is 10.1. The summed E-state index contributed by atoms with van der Waals surface area (Å²) < 4.78 is 56.9. The van der Waals surface area contributed by atoms with Crippen LogP contribution in [0, 0.1) is 0 Å². The second-order valence-corrected chi connectivity index (χ2v) is 9.72. The summed E-state index contributed by atoms with van der Waals surface area (Å²) in [6.45, 7) is 0. The fourth-order valence-electron chi connectivity index (χ4n) is 4.48. The molecule has 0 aliphatic carbocycles. The van der Waals surface area contributed by atoms with E-state index in [0.717, 1.165) is 42.5 Å². The maximum Gasteiger partial charge on any atom is 0.416 e. The van der Waals surface area contributed by atoms with Crippen LogP contribution in [0.4, 0.5) is 13.2 Å². The van der Waals surface area contributed by atoms with Gasteiger partial charge in [-0.15, -0.1) is 0 Å². The molecule has 5 rings (SSSR count). The van der Waals surface area contributed by atoms with Gasteiger partial charge in [0.05, 0.1) is 33.2 Å². The second-order valence-electron chi connectivity index (χ2n) is 9.72. The van der Waals surface area contributed by atoms with E-state index in [1.165, 1.54) is 30.3 Å². The van der Waals surface area contributed by atoms with Gasteiger partial charge in [-0.1, -0.05) is 0 Å². The second kappa shape index (κ2) is 12.0. The maximum atomic E-state index is 13.2. The summed E-state index contributed by atoms with van der Waals surface area (Å²) >= 11 is 0. The van der Waals surface area contributed by atoms with E-state index in [4.69, 9.17) is 13.9 Å². The average molecular weight is 650 g/mol. The molecule has 0 radical (unpaired) electrons. The van der Waals surface area contributed by atoms with Crippen molar-refractivity contribution >= 4 is 34.8 Å². The number of fused-ring (bicyclic) bond motifs is 1. The monoisotopic (exact) mass is 650 g/mol. The van der Waals surface area contributed by atoms with E-state index in [0.29, 0.717) is 6.07 Å². The number of rotatable bonds is 9. The van der Waals surface area contributed by atoms with Gasteiger partial charge in [0.15, 0.2) is 5.43 Å². The van der Waals surface area contributed by atoms with Gasteiger partial charge >= 0.3 is 30.1 Å². The number of aromatic carboxylic acids is 4. The quantitative estimate of drug-likeness (QED) is 0.129. The fraction of sp³-hybridized carbons (Fsp3) is 0.0312. The zero-order valence-electron chi connectivity index (χ0n) is 23.2. The molecule has 47 heavy (non-hydrogen) atoms. The Morgan fingerprint density at radius 1 is 0.574 bits per heavy atom. The smallest absolute Gasteiger partial charge is 0.416 e. The van der Waals surface area contributed by atoms with Gasteiger partial charge < -0.3 is 34.3 Å². The molecule has 0 saturated carbocycles. The average Bonchev–Trinajstić information content (AvgIpc) is 3.00. The summed E-state index contributed by atoms with van der Waals surface area (Å²) in [7, 11) is 0. The Morgan fingerprint density at radius 2 is 1.06 bits per heavy atom. The van der Waals surface area contributed by atoms with Gasteiger partial charge in [-0.3, -0.25) is 4.79 Å². The molecule has 0 amide bonds. The molecule has 238 valence electrons. The summed E-state index contributed by atoms with van der Waals surface area (Å²) in [6.07, 6.45) is -4.72. The minimum atomic E-state index is -4.72. The zero-order valence-corrected chi connectivity index (χ0v) is 23.2. The van der Waals surface area contributed by atoms with Crippen LogP contribution in [-0.4, -0.2) is 44.3 Å². The van der Waals surface area contributed by atoms with Crippen molar-refractivity contribution in [1.29, 1.82) is 0 Å². The van der Waals surface area contributed by atoms with Crippen LogP contribution in [0.5, 0.6) is 23.0 Å². The first-order valence-electron chi connectivity index (χ1n) is 13.0. The van der Waals surface area contributed by atoms with Crippen molar-refractivity contribution in [2.75, 3.05) is 0 Å². The largest absolute Gasteiger partial charge is 0.478 e. The first-order chi connectivity index (χ1) is 22.1. The van der Waals surface area contributed by atoms with Gasteiger partial charge in [-0.25, -0.2) is 19.2 Å². The maximum absolute atomic E-state index is 13.2. The minimum absolute atomic E-state index is 0.0534. The normalized spacial score (nSPS) is 11.2. The lowest BCUT2D eigenvalue weighted by molar-refractivity contribution is -0.137. The molecule has 1 aromatic heterocycles. The Balaban J connectivity index is 1.63. The number of ether oxygens (including phenoxy) is 2. The van der Waals surface area contributed by atoms with Gasteiger partial charge in [0, 0.05) is 17.7 Å². The third-order valence-electron chi connectivity index (χ3n) is 6.59. The number of hydrogen-bond acceptors (Lipinski definition) is 8. The molecule has 0 aliphatic rings. The number of carbonyl (C=O) groups is 4. The van der Waals surface area contributed by atoms with E-state index < -0.39 is 63.3 Å². The van der Waals surface area contributed by atoms with Crippen molar-refractivity contribution in [3.63, 3.8) is 0 Å². The number of carboxylic acids is 4. The summed E-state index contributed by atoms with van der Waals surface area (Å²) in [6, 6.07) is 13.3. The number of alkyl halides is 3. The van der Waals surface area contributed by atoms with E-state index in [1.807, 2.05) is 0 Å². The number of hydrogen-bond donors (Lipinski definition) is 4. The SMILES string of the molecule is O=C(O)c1ccc(Oc2cc(Oc3ccc(C(=O)O)c(C(=O)O)c3)cc(-c3cc(=O)c4cc(C(F)(F)F)ccc4o3)c2)cc1C(=O)O. The highest BCUT2D eigenvalue weighted by molar-refractivity contribution is 6.02. The highest BCUT2D eigenvalue weighted by atomic mass is 19.4. The molecular formula is C32H17F3O12.